The van der Waals surface area contributed by atoms with Crippen LogP contribution in [0.1, 0.15) is 24.0 Å². The summed E-state index contributed by atoms with van der Waals surface area (Å²) in [5, 5.41) is 7.84. The third-order valence-corrected chi connectivity index (χ3v) is 5.08. The van der Waals surface area contributed by atoms with Crippen LogP contribution in [0.4, 0.5) is 23.4 Å². The Morgan fingerprint density at radius 2 is 1.86 bits per heavy atom. The summed E-state index contributed by atoms with van der Waals surface area (Å²) in [7, 11) is 0. The summed E-state index contributed by atoms with van der Waals surface area (Å²) in [5.41, 5.74) is 0.776. The molecule has 0 fully saturated rings. The Balaban J connectivity index is 1.95. The first kappa shape index (κ1) is 18.8. The number of nitrogens with one attached hydrogen (secondary N) is 1. The Hall–Kier alpha value is -2.54. The van der Waals surface area contributed by atoms with Crippen molar-refractivity contribution in [3.63, 3.8) is 0 Å². The van der Waals surface area contributed by atoms with Gasteiger partial charge in [-0.15, -0.1) is 0 Å². The molecule has 0 radical (unpaired) electrons. The van der Waals surface area contributed by atoms with Crippen LogP contribution in [0.25, 0.3) is 16.9 Å². The van der Waals surface area contributed by atoms with E-state index in [2.05, 4.69) is 10.4 Å². The number of hydrogen-bond acceptors (Lipinski definition) is 2. The van der Waals surface area contributed by atoms with Gasteiger partial charge in [-0.05, 0) is 49.6 Å². The van der Waals surface area contributed by atoms with E-state index in [0.29, 0.717) is 30.0 Å². The molecule has 0 atom stereocenters. The summed E-state index contributed by atoms with van der Waals surface area (Å²) in [6.45, 7) is 0.645. The lowest BCUT2D eigenvalue weighted by molar-refractivity contribution is -0.137. The molecular formula is C20H16ClF4N3. The normalized spacial score (nSPS) is 14.3. The average Bonchev–Trinajstić information content (AvgIpc) is 2.83. The molecule has 0 unspecified atom stereocenters. The first-order chi connectivity index (χ1) is 13.4. The number of anilines is 1. The molecule has 2 aromatic carbocycles. The molecule has 0 saturated carbocycles. The van der Waals surface area contributed by atoms with Crippen LogP contribution < -0.4 is 5.32 Å². The summed E-state index contributed by atoms with van der Waals surface area (Å²) in [6, 6.07) is 9.32. The molecule has 0 amide bonds. The molecule has 4 rings (SSSR count). The van der Waals surface area contributed by atoms with E-state index in [4.69, 9.17) is 11.6 Å². The zero-order valence-corrected chi connectivity index (χ0v) is 15.4. The second-order valence-corrected chi connectivity index (χ2v) is 7.02. The highest BCUT2D eigenvalue weighted by Crippen LogP contribution is 2.38. The van der Waals surface area contributed by atoms with Crippen molar-refractivity contribution in [3.05, 3.63) is 64.4 Å². The molecule has 1 aliphatic rings. The van der Waals surface area contributed by atoms with Crippen LogP contribution in [0.15, 0.2) is 42.5 Å². The van der Waals surface area contributed by atoms with Crippen LogP contribution in [-0.4, -0.2) is 16.3 Å². The molecule has 1 N–H and O–H groups in total. The van der Waals surface area contributed by atoms with Crippen molar-refractivity contribution in [1.29, 1.82) is 0 Å². The molecule has 8 heteroatoms. The molecule has 0 bridgehead atoms. The van der Waals surface area contributed by atoms with Gasteiger partial charge in [-0.2, -0.15) is 18.3 Å². The highest BCUT2D eigenvalue weighted by atomic mass is 35.5. The molecule has 0 aliphatic carbocycles. The predicted molar refractivity (Wildman–Crippen MR) is 100 cm³/mol. The standard InChI is InChI=1S/C20H16ClF4N3/c21-15-9-8-12(20(23,24)25)11-17(15)28-19-14(6-3-4-10-26-19)18(27-28)13-5-1-2-7-16(13)22/h1-2,5,7-9,11,26H,3-4,6,10H2. The fourth-order valence-corrected chi connectivity index (χ4v) is 3.60. The van der Waals surface area contributed by atoms with Crippen molar-refractivity contribution in [2.24, 2.45) is 0 Å². The molecule has 3 nitrogen and oxygen atoms in total. The van der Waals surface area contributed by atoms with Gasteiger partial charge in [0.2, 0.25) is 0 Å². The average molecular weight is 410 g/mol. The maximum atomic E-state index is 14.4. The number of nitrogens with zero attached hydrogens (tertiary/aromatic N) is 2. The largest absolute Gasteiger partial charge is 0.416 e. The molecule has 1 aromatic heterocycles. The van der Waals surface area contributed by atoms with E-state index in [1.807, 2.05) is 0 Å². The van der Waals surface area contributed by atoms with Crippen molar-refractivity contribution in [3.8, 4) is 16.9 Å². The summed E-state index contributed by atoms with van der Waals surface area (Å²) < 4.78 is 55.4. The van der Waals surface area contributed by atoms with Crippen molar-refractivity contribution in [2.75, 3.05) is 11.9 Å². The predicted octanol–water partition coefficient (Wildman–Crippen LogP) is 6.10. The SMILES string of the molecule is Fc1ccccc1-c1nn(-c2cc(C(F)(F)F)ccc2Cl)c2c1CCCCN2. The second kappa shape index (κ2) is 7.13. The van der Waals surface area contributed by atoms with Gasteiger partial charge in [-0.25, -0.2) is 9.07 Å². The van der Waals surface area contributed by atoms with Crippen LogP contribution in [0, 0.1) is 5.82 Å². The van der Waals surface area contributed by atoms with Crippen molar-refractivity contribution < 1.29 is 17.6 Å². The van der Waals surface area contributed by atoms with E-state index in [-0.39, 0.29) is 10.7 Å². The number of aromatic nitrogens is 2. The number of fused-ring (bicyclic) bond motifs is 1. The lowest BCUT2D eigenvalue weighted by atomic mass is 10.0. The van der Waals surface area contributed by atoms with Crippen LogP contribution in [-0.2, 0) is 12.6 Å². The highest BCUT2D eigenvalue weighted by molar-refractivity contribution is 6.32. The minimum atomic E-state index is -4.51. The highest BCUT2D eigenvalue weighted by Gasteiger charge is 2.32. The van der Waals surface area contributed by atoms with Gasteiger partial charge in [0.05, 0.1) is 16.3 Å². The van der Waals surface area contributed by atoms with Gasteiger partial charge < -0.3 is 5.32 Å². The minimum Gasteiger partial charge on any atom is -0.370 e. The Bertz CT molecular complexity index is 1030. The number of halogens is 5. The zero-order valence-electron chi connectivity index (χ0n) is 14.7. The number of alkyl halides is 3. The van der Waals surface area contributed by atoms with E-state index in [9.17, 15) is 17.6 Å². The van der Waals surface area contributed by atoms with Gasteiger partial charge in [0.25, 0.3) is 0 Å². The lowest BCUT2D eigenvalue weighted by Crippen LogP contribution is -2.10. The monoisotopic (exact) mass is 409 g/mol. The second-order valence-electron chi connectivity index (χ2n) is 6.62. The van der Waals surface area contributed by atoms with E-state index >= 15 is 0 Å². The van der Waals surface area contributed by atoms with Crippen molar-refractivity contribution in [2.45, 2.75) is 25.4 Å². The van der Waals surface area contributed by atoms with Crippen LogP contribution in [0.5, 0.6) is 0 Å². The van der Waals surface area contributed by atoms with E-state index in [0.717, 1.165) is 30.5 Å². The molecule has 2 heterocycles. The minimum absolute atomic E-state index is 0.102. The van der Waals surface area contributed by atoms with E-state index in [1.165, 1.54) is 16.8 Å². The third kappa shape index (κ3) is 3.35. The van der Waals surface area contributed by atoms with Gasteiger partial charge in [-0.1, -0.05) is 23.7 Å². The summed E-state index contributed by atoms with van der Waals surface area (Å²) in [4.78, 5) is 0. The van der Waals surface area contributed by atoms with E-state index < -0.39 is 17.6 Å². The third-order valence-electron chi connectivity index (χ3n) is 4.76. The van der Waals surface area contributed by atoms with Gasteiger partial charge in [0.1, 0.15) is 17.3 Å². The number of hydrogen-bond donors (Lipinski definition) is 1. The van der Waals surface area contributed by atoms with Crippen LogP contribution in [0.3, 0.4) is 0 Å². The Kier molecular flexibility index (Phi) is 4.79. The molecule has 146 valence electrons. The Morgan fingerprint density at radius 3 is 2.61 bits per heavy atom. The molecule has 28 heavy (non-hydrogen) atoms. The molecule has 1 aliphatic heterocycles. The molecule has 0 spiro atoms. The maximum Gasteiger partial charge on any atom is 0.416 e. The molecule has 3 aromatic rings. The lowest BCUT2D eigenvalue weighted by Gasteiger charge is -2.13. The van der Waals surface area contributed by atoms with Gasteiger partial charge in [0.15, 0.2) is 0 Å². The topological polar surface area (TPSA) is 29.9 Å². The fourth-order valence-electron chi connectivity index (χ4n) is 3.40. The Labute approximate surface area is 163 Å². The molecule has 0 saturated heterocycles. The fraction of sp³-hybridized carbons (Fsp3) is 0.250. The van der Waals surface area contributed by atoms with Crippen LogP contribution >= 0.6 is 11.6 Å². The first-order valence-electron chi connectivity index (χ1n) is 8.84. The summed E-state index contributed by atoms with van der Waals surface area (Å²) in [6.07, 6.45) is -2.11. The number of benzene rings is 2. The van der Waals surface area contributed by atoms with Gasteiger partial charge >= 0.3 is 6.18 Å². The van der Waals surface area contributed by atoms with Crippen molar-refractivity contribution >= 4 is 17.4 Å². The quantitative estimate of drug-likeness (QED) is 0.518. The summed E-state index contributed by atoms with van der Waals surface area (Å²) >= 11 is 6.22. The summed E-state index contributed by atoms with van der Waals surface area (Å²) in [5.74, 6) is 0.117. The first-order valence-corrected chi connectivity index (χ1v) is 9.22. The van der Waals surface area contributed by atoms with E-state index in [1.54, 1.807) is 18.2 Å². The maximum absolute atomic E-state index is 14.4. The smallest absolute Gasteiger partial charge is 0.370 e. The van der Waals surface area contributed by atoms with Crippen LogP contribution in [0.2, 0.25) is 5.02 Å². The Morgan fingerprint density at radius 1 is 1.07 bits per heavy atom. The number of rotatable bonds is 2. The van der Waals surface area contributed by atoms with Crippen molar-refractivity contribution in [1.82, 2.24) is 9.78 Å². The zero-order chi connectivity index (χ0) is 19.9. The van der Waals surface area contributed by atoms with Gasteiger partial charge in [-0.3, -0.25) is 0 Å². The van der Waals surface area contributed by atoms with Gasteiger partial charge in [0, 0.05) is 17.7 Å². The molecular weight excluding hydrogens is 394 g/mol.